The third kappa shape index (κ3) is 5.42. The van der Waals surface area contributed by atoms with Gasteiger partial charge in [-0.25, -0.2) is 4.98 Å². The summed E-state index contributed by atoms with van der Waals surface area (Å²) >= 11 is 0. The van der Waals surface area contributed by atoms with Crippen LogP contribution in [0.15, 0.2) is 73.1 Å². The number of benzene rings is 2. The van der Waals surface area contributed by atoms with E-state index in [1.807, 2.05) is 30.5 Å². The SMILES string of the molecule is CC(Cc1c[nH]c2ccc(OCc3ccccc3)cc12)NCC(O)c1ccc(N)nc1. The molecule has 2 aromatic carbocycles. The van der Waals surface area contributed by atoms with Crippen LogP contribution >= 0.6 is 0 Å². The molecule has 2 heterocycles. The van der Waals surface area contributed by atoms with Gasteiger partial charge in [-0.1, -0.05) is 36.4 Å². The molecule has 0 radical (unpaired) electrons. The summed E-state index contributed by atoms with van der Waals surface area (Å²) in [5.74, 6) is 1.30. The molecule has 6 heteroatoms. The first-order valence-corrected chi connectivity index (χ1v) is 10.5. The second-order valence-electron chi connectivity index (χ2n) is 7.84. The van der Waals surface area contributed by atoms with Crippen LogP contribution in [0.25, 0.3) is 10.9 Å². The highest BCUT2D eigenvalue weighted by Crippen LogP contribution is 2.25. The molecule has 0 saturated heterocycles. The highest BCUT2D eigenvalue weighted by Gasteiger charge is 2.13. The molecule has 2 unspecified atom stereocenters. The van der Waals surface area contributed by atoms with Gasteiger partial charge in [-0.2, -0.15) is 0 Å². The summed E-state index contributed by atoms with van der Waals surface area (Å²) in [4.78, 5) is 7.38. The van der Waals surface area contributed by atoms with Gasteiger partial charge in [0.05, 0.1) is 6.10 Å². The Labute approximate surface area is 182 Å². The van der Waals surface area contributed by atoms with Gasteiger partial charge in [0.25, 0.3) is 0 Å². The molecule has 0 saturated carbocycles. The molecule has 5 N–H and O–H groups in total. The molecule has 4 aromatic rings. The number of nitrogens with two attached hydrogens (primary N) is 1. The maximum absolute atomic E-state index is 10.4. The summed E-state index contributed by atoms with van der Waals surface area (Å²) in [6.45, 7) is 3.10. The minimum Gasteiger partial charge on any atom is -0.489 e. The normalized spacial score (nSPS) is 13.2. The first kappa shape index (κ1) is 20.9. The Morgan fingerprint density at radius 2 is 1.97 bits per heavy atom. The van der Waals surface area contributed by atoms with Gasteiger partial charge in [0.15, 0.2) is 0 Å². The quantitative estimate of drug-likeness (QED) is 0.331. The minimum atomic E-state index is -0.628. The second-order valence-corrected chi connectivity index (χ2v) is 7.84. The Kier molecular flexibility index (Phi) is 6.50. The lowest BCUT2D eigenvalue weighted by Gasteiger charge is -2.17. The lowest BCUT2D eigenvalue weighted by Crippen LogP contribution is -2.32. The van der Waals surface area contributed by atoms with Crippen molar-refractivity contribution < 1.29 is 9.84 Å². The van der Waals surface area contributed by atoms with Crippen molar-refractivity contribution in [1.82, 2.24) is 15.3 Å². The van der Waals surface area contributed by atoms with Crippen molar-refractivity contribution in [1.29, 1.82) is 0 Å². The first-order valence-electron chi connectivity index (χ1n) is 10.5. The van der Waals surface area contributed by atoms with Crippen molar-refractivity contribution in [2.45, 2.75) is 32.1 Å². The van der Waals surface area contributed by atoms with Gasteiger partial charge in [0, 0.05) is 41.4 Å². The molecule has 0 aliphatic heterocycles. The fourth-order valence-electron chi connectivity index (χ4n) is 3.60. The van der Waals surface area contributed by atoms with Gasteiger partial charge in [-0.15, -0.1) is 0 Å². The number of ether oxygens (including phenoxy) is 1. The average Bonchev–Trinajstić information content (AvgIpc) is 3.19. The fourth-order valence-corrected chi connectivity index (χ4v) is 3.60. The summed E-state index contributed by atoms with van der Waals surface area (Å²) in [7, 11) is 0. The summed E-state index contributed by atoms with van der Waals surface area (Å²) in [6, 6.07) is 20.0. The van der Waals surface area contributed by atoms with Crippen LogP contribution in [0, 0.1) is 0 Å². The molecule has 31 heavy (non-hydrogen) atoms. The van der Waals surface area contributed by atoms with Crippen LogP contribution in [0.2, 0.25) is 0 Å². The Morgan fingerprint density at radius 1 is 1.13 bits per heavy atom. The van der Waals surface area contributed by atoms with Crippen LogP contribution in [0.4, 0.5) is 5.82 Å². The number of hydrogen-bond acceptors (Lipinski definition) is 5. The topological polar surface area (TPSA) is 96.2 Å². The van der Waals surface area contributed by atoms with E-state index in [1.54, 1.807) is 18.3 Å². The maximum Gasteiger partial charge on any atom is 0.123 e. The zero-order chi connectivity index (χ0) is 21.6. The van der Waals surface area contributed by atoms with E-state index in [4.69, 9.17) is 10.5 Å². The summed E-state index contributed by atoms with van der Waals surface area (Å²) in [6.07, 6.45) is 3.86. The molecule has 0 bridgehead atoms. The molecule has 6 nitrogen and oxygen atoms in total. The van der Waals surface area contributed by atoms with Gasteiger partial charge >= 0.3 is 0 Å². The summed E-state index contributed by atoms with van der Waals surface area (Å²) < 4.78 is 5.99. The number of nitrogen functional groups attached to an aromatic ring is 1. The third-order valence-electron chi connectivity index (χ3n) is 5.37. The zero-order valence-corrected chi connectivity index (χ0v) is 17.6. The van der Waals surface area contributed by atoms with Gasteiger partial charge in [0.1, 0.15) is 18.2 Å². The number of aliphatic hydroxyl groups is 1. The minimum absolute atomic E-state index is 0.185. The molecule has 2 atom stereocenters. The van der Waals surface area contributed by atoms with Crippen LogP contribution in [-0.2, 0) is 13.0 Å². The van der Waals surface area contributed by atoms with Crippen molar-refractivity contribution in [2.75, 3.05) is 12.3 Å². The molecule has 160 valence electrons. The first-order chi connectivity index (χ1) is 15.1. The molecule has 0 fully saturated rings. The number of pyridine rings is 1. The van der Waals surface area contributed by atoms with Crippen molar-refractivity contribution in [3.8, 4) is 5.75 Å². The molecule has 0 aliphatic carbocycles. The lowest BCUT2D eigenvalue weighted by molar-refractivity contribution is 0.170. The number of H-pyrrole nitrogens is 1. The van der Waals surface area contributed by atoms with Crippen LogP contribution in [-0.4, -0.2) is 27.7 Å². The van der Waals surface area contributed by atoms with Gasteiger partial charge in [0.2, 0.25) is 0 Å². The van der Waals surface area contributed by atoms with E-state index in [-0.39, 0.29) is 6.04 Å². The van der Waals surface area contributed by atoms with Crippen molar-refractivity contribution in [3.05, 3.63) is 89.7 Å². The summed E-state index contributed by atoms with van der Waals surface area (Å²) in [5.41, 5.74) is 9.80. The van der Waals surface area contributed by atoms with Crippen LogP contribution in [0.1, 0.15) is 29.7 Å². The Hall–Kier alpha value is -3.35. The van der Waals surface area contributed by atoms with Crippen molar-refractivity contribution in [3.63, 3.8) is 0 Å². The van der Waals surface area contributed by atoms with E-state index in [0.29, 0.717) is 19.0 Å². The maximum atomic E-state index is 10.4. The molecule has 0 amide bonds. The van der Waals surface area contributed by atoms with Crippen molar-refractivity contribution in [2.24, 2.45) is 0 Å². The Morgan fingerprint density at radius 3 is 2.74 bits per heavy atom. The van der Waals surface area contributed by atoms with E-state index in [2.05, 4.69) is 46.5 Å². The number of nitrogens with zero attached hydrogens (tertiary/aromatic N) is 1. The van der Waals surface area contributed by atoms with E-state index in [0.717, 1.165) is 34.2 Å². The number of aliphatic hydroxyl groups excluding tert-OH is 1. The molecule has 4 rings (SSSR count). The summed E-state index contributed by atoms with van der Waals surface area (Å²) in [5, 5.41) is 14.9. The lowest BCUT2D eigenvalue weighted by atomic mass is 10.1. The highest BCUT2D eigenvalue weighted by molar-refractivity contribution is 5.84. The number of fused-ring (bicyclic) bond motifs is 1. The largest absolute Gasteiger partial charge is 0.489 e. The predicted octanol–water partition coefficient (Wildman–Crippen LogP) is 3.98. The smallest absolute Gasteiger partial charge is 0.123 e. The highest BCUT2D eigenvalue weighted by atomic mass is 16.5. The number of nitrogens with one attached hydrogen (secondary N) is 2. The van der Waals surface area contributed by atoms with Crippen LogP contribution in [0.5, 0.6) is 5.75 Å². The molecule has 0 aliphatic rings. The van der Waals surface area contributed by atoms with Crippen LogP contribution < -0.4 is 15.8 Å². The number of anilines is 1. The fraction of sp³-hybridized carbons (Fsp3) is 0.240. The molecular weight excluding hydrogens is 388 g/mol. The molecule has 2 aromatic heterocycles. The van der Waals surface area contributed by atoms with Gasteiger partial charge in [-0.3, -0.25) is 0 Å². The number of aromatic nitrogens is 2. The zero-order valence-electron chi connectivity index (χ0n) is 17.6. The van der Waals surface area contributed by atoms with Crippen molar-refractivity contribution >= 4 is 16.7 Å². The molecular formula is C25H28N4O2. The Balaban J connectivity index is 1.36. The van der Waals surface area contributed by atoms with E-state index < -0.39 is 6.10 Å². The van der Waals surface area contributed by atoms with Gasteiger partial charge in [-0.05, 0) is 48.7 Å². The van der Waals surface area contributed by atoms with E-state index in [1.165, 1.54) is 5.56 Å². The standard InChI is InChI=1S/C25H28N4O2/c1-17(27-15-24(30)19-7-10-25(26)29-13-19)11-20-14-28-23-9-8-21(12-22(20)23)31-16-18-5-3-2-4-6-18/h2-10,12-14,17,24,27-28,30H,11,15-16H2,1H3,(H2,26,29). The average molecular weight is 417 g/mol. The monoisotopic (exact) mass is 416 g/mol. The predicted molar refractivity (Wildman–Crippen MR) is 124 cm³/mol. The number of hydrogen-bond donors (Lipinski definition) is 4. The third-order valence-corrected chi connectivity index (χ3v) is 5.37. The van der Waals surface area contributed by atoms with Crippen LogP contribution in [0.3, 0.4) is 0 Å². The van der Waals surface area contributed by atoms with Gasteiger partial charge < -0.3 is 25.9 Å². The second kappa shape index (κ2) is 9.64. The number of aromatic amines is 1. The van der Waals surface area contributed by atoms with E-state index >= 15 is 0 Å². The van der Waals surface area contributed by atoms with E-state index in [9.17, 15) is 5.11 Å². The molecule has 0 spiro atoms. The Bertz CT molecular complexity index is 1110. The number of rotatable bonds is 9.